The summed E-state index contributed by atoms with van der Waals surface area (Å²) in [5.74, 6) is -1.27. The number of imide groups is 1. The van der Waals surface area contributed by atoms with Crippen LogP contribution in [-0.4, -0.2) is 37.8 Å². The molecule has 0 spiro atoms. The van der Waals surface area contributed by atoms with E-state index in [-0.39, 0.29) is 23.9 Å². The molecule has 2 amide bonds. The van der Waals surface area contributed by atoms with Gasteiger partial charge in [-0.2, -0.15) is 0 Å². The van der Waals surface area contributed by atoms with Gasteiger partial charge in [0.1, 0.15) is 5.69 Å². The van der Waals surface area contributed by atoms with E-state index < -0.39 is 22.8 Å². The van der Waals surface area contributed by atoms with Crippen molar-refractivity contribution in [2.24, 2.45) is 0 Å². The topological polar surface area (TPSA) is 86.5 Å². The largest absolute Gasteiger partial charge is 0.454 e. The number of thioether (sulfide) groups is 1. The van der Waals surface area contributed by atoms with Gasteiger partial charge in [-0.3, -0.25) is 14.5 Å². The quantitative estimate of drug-likeness (QED) is 0.572. The van der Waals surface area contributed by atoms with Crippen molar-refractivity contribution >= 4 is 29.0 Å². The molecule has 2 aliphatic heterocycles. The molecular weight excluding hydrogens is 430 g/mol. The van der Waals surface area contributed by atoms with E-state index in [4.69, 9.17) is 9.47 Å². The van der Waals surface area contributed by atoms with Gasteiger partial charge in [0.05, 0.1) is 23.3 Å². The molecule has 5 rings (SSSR count). The first-order valence-electron chi connectivity index (χ1n) is 8.99. The molecule has 1 fully saturated rings. The molecule has 8 nitrogen and oxygen atoms in total. The van der Waals surface area contributed by atoms with Crippen LogP contribution in [0.1, 0.15) is 11.3 Å². The molecule has 2 aromatic carbocycles. The Morgan fingerprint density at radius 3 is 2.74 bits per heavy atom. The van der Waals surface area contributed by atoms with Crippen LogP contribution in [0.25, 0.3) is 11.8 Å². The van der Waals surface area contributed by atoms with Crippen molar-refractivity contribution in [2.45, 2.75) is 6.54 Å². The predicted octanol–water partition coefficient (Wildman–Crippen LogP) is 3.51. The highest BCUT2D eigenvalue weighted by Crippen LogP contribution is 2.36. The maximum Gasteiger partial charge on any atom is 0.293 e. The normalized spacial score (nSPS) is 16.6. The van der Waals surface area contributed by atoms with Crippen molar-refractivity contribution in [1.29, 1.82) is 0 Å². The number of hydrogen-bond donors (Lipinski definition) is 0. The molecule has 156 valence electrons. The molecule has 1 saturated heterocycles. The molecule has 1 aromatic heterocycles. The van der Waals surface area contributed by atoms with Gasteiger partial charge in [0.15, 0.2) is 23.1 Å². The van der Waals surface area contributed by atoms with E-state index in [1.807, 2.05) is 0 Å². The summed E-state index contributed by atoms with van der Waals surface area (Å²) in [5.41, 5.74) is 1.27. The summed E-state index contributed by atoms with van der Waals surface area (Å²) in [4.78, 5) is 26.4. The lowest BCUT2D eigenvalue weighted by Gasteiger charge is -2.09. The lowest BCUT2D eigenvalue weighted by molar-refractivity contribution is -0.123. The van der Waals surface area contributed by atoms with Crippen LogP contribution in [0.5, 0.6) is 11.5 Å². The second-order valence-electron chi connectivity index (χ2n) is 6.63. The molecule has 0 radical (unpaired) electrons. The van der Waals surface area contributed by atoms with Gasteiger partial charge < -0.3 is 9.47 Å². The van der Waals surface area contributed by atoms with E-state index in [1.165, 1.54) is 16.9 Å². The fourth-order valence-electron chi connectivity index (χ4n) is 3.08. The molecule has 0 saturated carbocycles. The molecule has 2 aliphatic rings. The zero-order chi connectivity index (χ0) is 21.5. The maximum absolute atomic E-state index is 13.4. The minimum absolute atomic E-state index is 0.104. The van der Waals surface area contributed by atoms with E-state index in [0.29, 0.717) is 22.8 Å². The van der Waals surface area contributed by atoms with Crippen molar-refractivity contribution in [3.8, 4) is 17.2 Å². The van der Waals surface area contributed by atoms with Crippen LogP contribution in [-0.2, 0) is 11.3 Å². The summed E-state index contributed by atoms with van der Waals surface area (Å²) in [7, 11) is 0. The van der Waals surface area contributed by atoms with Crippen LogP contribution in [0.15, 0.2) is 47.5 Å². The van der Waals surface area contributed by atoms with Crippen LogP contribution in [0.3, 0.4) is 0 Å². The summed E-state index contributed by atoms with van der Waals surface area (Å²) in [6.45, 7) is 0.0351. The van der Waals surface area contributed by atoms with E-state index in [0.717, 1.165) is 28.8 Å². The third-order valence-corrected chi connectivity index (χ3v) is 5.50. The Hall–Kier alpha value is -3.73. The SMILES string of the molecule is O=C1S/C(=C\c2ccc3c(c2)OCO3)C(=O)N1Cc1cn(-c2ccc(F)c(F)c2)nn1. The molecule has 11 heteroatoms. The Kier molecular flexibility index (Phi) is 4.66. The number of hydrogen-bond acceptors (Lipinski definition) is 7. The lowest BCUT2D eigenvalue weighted by atomic mass is 10.2. The molecule has 0 atom stereocenters. The van der Waals surface area contributed by atoms with Gasteiger partial charge in [0.25, 0.3) is 11.1 Å². The average Bonchev–Trinajstić information content (AvgIpc) is 3.47. The Balaban J connectivity index is 1.33. The fourth-order valence-corrected chi connectivity index (χ4v) is 3.92. The van der Waals surface area contributed by atoms with E-state index >= 15 is 0 Å². The van der Waals surface area contributed by atoms with Gasteiger partial charge in [-0.15, -0.1) is 5.10 Å². The van der Waals surface area contributed by atoms with Gasteiger partial charge in [0.2, 0.25) is 6.79 Å². The number of carbonyl (C=O) groups is 2. The van der Waals surface area contributed by atoms with Gasteiger partial charge in [-0.25, -0.2) is 13.5 Å². The van der Waals surface area contributed by atoms with Gasteiger partial charge in [0, 0.05) is 6.07 Å². The van der Waals surface area contributed by atoms with Gasteiger partial charge in [-0.05, 0) is 47.7 Å². The summed E-state index contributed by atoms with van der Waals surface area (Å²) in [6.07, 6.45) is 3.04. The highest BCUT2D eigenvalue weighted by Gasteiger charge is 2.35. The monoisotopic (exact) mass is 442 g/mol. The first-order valence-corrected chi connectivity index (χ1v) is 9.81. The fraction of sp³-hybridized carbons (Fsp3) is 0.100. The Bertz CT molecular complexity index is 1260. The molecule has 0 aliphatic carbocycles. The zero-order valence-electron chi connectivity index (χ0n) is 15.6. The van der Waals surface area contributed by atoms with Crippen molar-refractivity contribution in [3.05, 3.63) is 70.4 Å². The number of halogens is 2. The minimum atomic E-state index is -1.02. The average molecular weight is 442 g/mol. The highest BCUT2D eigenvalue weighted by molar-refractivity contribution is 8.18. The van der Waals surface area contributed by atoms with Gasteiger partial charge in [-0.1, -0.05) is 11.3 Å². The van der Waals surface area contributed by atoms with Crippen LogP contribution >= 0.6 is 11.8 Å². The molecular formula is C20H12F2N4O4S. The number of nitrogens with zero attached hydrogens (tertiary/aromatic N) is 4. The second-order valence-corrected chi connectivity index (χ2v) is 7.63. The highest BCUT2D eigenvalue weighted by atomic mass is 32.2. The summed E-state index contributed by atoms with van der Waals surface area (Å²) in [6, 6.07) is 8.50. The first-order chi connectivity index (χ1) is 15.0. The number of benzene rings is 2. The molecule has 0 unspecified atom stereocenters. The van der Waals surface area contributed by atoms with Gasteiger partial charge >= 0.3 is 0 Å². The van der Waals surface area contributed by atoms with Crippen LogP contribution in [0.4, 0.5) is 13.6 Å². The zero-order valence-corrected chi connectivity index (χ0v) is 16.4. The minimum Gasteiger partial charge on any atom is -0.454 e. The lowest BCUT2D eigenvalue weighted by Crippen LogP contribution is -2.27. The summed E-state index contributed by atoms with van der Waals surface area (Å²) >= 11 is 0.816. The van der Waals surface area contributed by atoms with Crippen LogP contribution in [0, 0.1) is 11.6 Å². The van der Waals surface area contributed by atoms with E-state index in [9.17, 15) is 18.4 Å². The molecule has 31 heavy (non-hydrogen) atoms. The van der Waals surface area contributed by atoms with Crippen molar-refractivity contribution < 1.29 is 27.8 Å². The molecule has 3 aromatic rings. The smallest absolute Gasteiger partial charge is 0.293 e. The molecule has 0 N–H and O–H groups in total. The Morgan fingerprint density at radius 2 is 1.90 bits per heavy atom. The van der Waals surface area contributed by atoms with E-state index in [1.54, 1.807) is 24.3 Å². The van der Waals surface area contributed by atoms with Crippen molar-refractivity contribution in [2.75, 3.05) is 6.79 Å². The third-order valence-electron chi connectivity index (χ3n) is 4.60. The second kappa shape index (κ2) is 7.51. The van der Waals surface area contributed by atoms with Crippen LogP contribution < -0.4 is 9.47 Å². The first kappa shape index (κ1) is 19.2. The maximum atomic E-state index is 13.4. The number of amides is 2. The Morgan fingerprint density at radius 1 is 1.06 bits per heavy atom. The number of carbonyl (C=O) groups excluding carboxylic acids is 2. The third kappa shape index (κ3) is 3.63. The van der Waals surface area contributed by atoms with E-state index in [2.05, 4.69) is 10.3 Å². The van der Waals surface area contributed by atoms with Crippen molar-refractivity contribution in [3.63, 3.8) is 0 Å². The van der Waals surface area contributed by atoms with Crippen molar-refractivity contribution in [1.82, 2.24) is 19.9 Å². The molecule has 0 bridgehead atoms. The number of aromatic nitrogens is 3. The summed E-state index contributed by atoms with van der Waals surface area (Å²) < 4.78 is 38.4. The summed E-state index contributed by atoms with van der Waals surface area (Å²) in [5, 5.41) is 7.32. The standard InChI is InChI=1S/C20H12F2N4O4S/c21-14-3-2-13(7-15(14)22)26-9-12(23-24-26)8-25-19(27)18(31-20(25)28)6-11-1-4-16-17(5-11)30-10-29-16/h1-7,9H,8,10H2/b18-6-. The Labute approximate surface area is 178 Å². The number of ether oxygens (including phenoxy) is 2. The number of fused-ring (bicyclic) bond motifs is 1. The molecule has 3 heterocycles. The number of rotatable bonds is 4. The predicted molar refractivity (Wildman–Crippen MR) is 105 cm³/mol. The van der Waals surface area contributed by atoms with Crippen LogP contribution in [0.2, 0.25) is 0 Å².